The highest BCUT2D eigenvalue weighted by molar-refractivity contribution is 7.90. The SMILES string of the molecule is C=C(C)CN(C)C(C)c1ccc(S(C)(=O)=O)cc1. The quantitative estimate of drug-likeness (QED) is 0.770. The van der Waals surface area contributed by atoms with Crippen LogP contribution in [0.3, 0.4) is 0 Å². The maximum atomic E-state index is 11.4. The van der Waals surface area contributed by atoms with E-state index in [4.69, 9.17) is 0 Å². The minimum atomic E-state index is -3.11. The number of benzene rings is 1. The number of nitrogens with zero attached hydrogens (tertiary/aromatic N) is 1. The van der Waals surface area contributed by atoms with Crippen molar-refractivity contribution in [3.63, 3.8) is 0 Å². The van der Waals surface area contributed by atoms with Crippen LogP contribution in [0.15, 0.2) is 41.3 Å². The number of likely N-dealkylation sites (N-methyl/N-ethyl adjacent to an activating group) is 1. The molecule has 0 fully saturated rings. The van der Waals surface area contributed by atoms with Gasteiger partial charge < -0.3 is 0 Å². The van der Waals surface area contributed by atoms with E-state index in [2.05, 4.69) is 18.4 Å². The molecule has 0 aliphatic carbocycles. The minimum Gasteiger partial charge on any atom is -0.296 e. The van der Waals surface area contributed by atoms with E-state index in [1.54, 1.807) is 12.1 Å². The summed E-state index contributed by atoms with van der Waals surface area (Å²) in [5.41, 5.74) is 2.21. The summed E-state index contributed by atoms with van der Waals surface area (Å²) in [6.07, 6.45) is 1.22. The van der Waals surface area contributed by atoms with E-state index in [9.17, 15) is 8.42 Å². The molecule has 1 atom stereocenters. The van der Waals surface area contributed by atoms with Gasteiger partial charge in [0, 0.05) is 18.8 Å². The Bertz CT molecular complexity index is 517. The van der Waals surface area contributed by atoms with Crippen molar-refractivity contribution in [2.75, 3.05) is 19.8 Å². The zero-order valence-electron chi connectivity index (χ0n) is 11.5. The molecule has 3 nitrogen and oxygen atoms in total. The molecule has 100 valence electrons. The van der Waals surface area contributed by atoms with Gasteiger partial charge >= 0.3 is 0 Å². The molecule has 0 bridgehead atoms. The molecular formula is C14H21NO2S. The average molecular weight is 267 g/mol. The van der Waals surface area contributed by atoms with Crippen LogP contribution in [-0.2, 0) is 9.84 Å². The van der Waals surface area contributed by atoms with Gasteiger partial charge in [0.1, 0.15) is 0 Å². The molecule has 0 aromatic heterocycles. The molecule has 1 rings (SSSR count). The van der Waals surface area contributed by atoms with Crippen molar-refractivity contribution < 1.29 is 8.42 Å². The molecule has 0 amide bonds. The molecule has 0 N–H and O–H groups in total. The topological polar surface area (TPSA) is 37.4 Å². The molecule has 0 spiro atoms. The smallest absolute Gasteiger partial charge is 0.175 e. The van der Waals surface area contributed by atoms with Crippen molar-refractivity contribution in [3.8, 4) is 0 Å². The van der Waals surface area contributed by atoms with Gasteiger partial charge in [-0.1, -0.05) is 24.3 Å². The van der Waals surface area contributed by atoms with Crippen LogP contribution in [-0.4, -0.2) is 33.2 Å². The Morgan fingerprint density at radius 2 is 1.83 bits per heavy atom. The van der Waals surface area contributed by atoms with Gasteiger partial charge in [0.25, 0.3) is 0 Å². The predicted octanol–water partition coefficient (Wildman–Crippen LogP) is 2.66. The van der Waals surface area contributed by atoms with E-state index in [-0.39, 0.29) is 6.04 Å². The van der Waals surface area contributed by atoms with Crippen LogP contribution in [0.1, 0.15) is 25.5 Å². The molecule has 18 heavy (non-hydrogen) atoms. The fourth-order valence-corrected chi connectivity index (χ4v) is 2.44. The van der Waals surface area contributed by atoms with Crippen LogP contribution in [0.25, 0.3) is 0 Å². The van der Waals surface area contributed by atoms with Crippen LogP contribution in [0.5, 0.6) is 0 Å². The first kappa shape index (κ1) is 14.9. The van der Waals surface area contributed by atoms with Gasteiger partial charge in [-0.3, -0.25) is 4.90 Å². The second kappa shape index (κ2) is 5.67. The van der Waals surface area contributed by atoms with Crippen molar-refractivity contribution in [2.24, 2.45) is 0 Å². The molecule has 4 heteroatoms. The molecular weight excluding hydrogens is 246 g/mol. The summed E-state index contributed by atoms with van der Waals surface area (Å²) in [5.74, 6) is 0. The second-order valence-corrected chi connectivity index (χ2v) is 6.91. The van der Waals surface area contributed by atoms with Gasteiger partial charge in [-0.15, -0.1) is 0 Å². The van der Waals surface area contributed by atoms with E-state index >= 15 is 0 Å². The lowest BCUT2D eigenvalue weighted by molar-refractivity contribution is 0.284. The van der Waals surface area contributed by atoms with Crippen LogP contribution >= 0.6 is 0 Å². The van der Waals surface area contributed by atoms with Crippen molar-refractivity contribution in [2.45, 2.75) is 24.8 Å². The molecule has 1 aromatic carbocycles. The van der Waals surface area contributed by atoms with E-state index < -0.39 is 9.84 Å². The lowest BCUT2D eigenvalue weighted by atomic mass is 10.1. The van der Waals surface area contributed by atoms with E-state index in [0.717, 1.165) is 17.7 Å². The standard InChI is InChI=1S/C14H21NO2S/c1-11(2)10-15(4)12(3)13-6-8-14(9-7-13)18(5,16)17/h6-9,12H,1,10H2,2-5H3. The summed E-state index contributed by atoms with van der Waals surface area (Å²) >= 11 is 0. The Balaban J connectivity index is 2.88. The molecule has 0 heterocycles. The maximum absolute atomic E-state index is 11.4. The second-order valence-electron chi connectivity index (χ2n) is 4.89. The molecule has 1 aromatic rings. The summed E-state index contributed by atoms with van der Waals surface area (Å²) in [4.78, 5) is 2.54. The average Bonchev–Trinajstić information content (AvgIpc) is 2.26. The fraction of sp³-hybridized carbons (Fsp3) is 0.429. The van der Waals surface area contributed by atoms with Crippen LogP contribution in [0.4, 0.5) is 0 Å². The van der Waals surface area contributed by atoms with Gasteiger partial charge in [0.05, 0.1) is 4.90 Å². The Morgan fingerprint density at radius 1 is 1.33 bits per heavy atom. The van der Waals surface area contributed by atoms with Crippen LogP contribution in [0, 0.1) is 0 Å². The molecule has 0 aliphatic heterocycles. The minimum absolute atomic E-state index is 0.232. The van der Waals surface area contributed by atoms with Crippen molar-refractivity contribution in [1.82, 2.24) is 4.90 Å². The highest BCUT2D eigenvalue weighted by Gasteiger charge is 2.13. The largest absolute Gasteiger partial charge is 0.296 e. The molecule has 0 aliphatic rings. The first-order chi connectivity index (χ1) is 8.21. The summed E-state index contributed by atoms with van der Waals surface area (Å²) in [6.45, 7) is 8.82. The number of hydrogen-bond donors (Lipinski definition) is 0. The number of sulfone groups is 1. The van der Waals surface area contributed by atoms with E-state index in [1.165, 1.54) is 6.26 Å². The van der Waals surface area contributed by atoms with Gasteiger partial charge in [-0.05, 0) is 38.6 Å². The van der Waals surface area contributed by atoms with Crippen molar-refractivity contribution in [1.29, 1.82) is 0 Å². The Kier molecular flexibility index (Phi) is 4.71. The van der Waals surface area contributed by atoms with Gasteiger partial charge in [-0.2, -0.15) is 0 Å². The van der Waals surface area contributed by atoms with Crippen LogP contribution in [0.2, 0.25) is 0 Å². The highest BCUT2D eigenvalue weighted by Crippen LogP contribution is 2.21. The first-order valence-electron chi connectivity index (χ1n) is 5.86. The molecule has 0 saturated carbocycles. The molecule has 0 saturated heterocycles. The third kappa shape index (κ3) is 3.96. The summed E-state index contributed by atoms with van der Waals surface area (Å²) in [6, 6.07) is 7.30. The number of rotatable bonds is 5. The molecule has 1 unspecified atom stereocenters. The Morgan fingerprint density at radius 3 is 2.22 bits per heavy atom. The Hall–Kier alpha value is -1.13. The third-order valence-electron chi connectivity index (χ3n) is 2.97. The number of hydrogen-bond acceptors (Lipinski definition) is 3. The van der Waals surface area contributed by atoms with Gasteiger partial charge in [-0.25, -0.2) is 8.42 Å². The van der Waals surface area contributed by atoms with Gasteiger partial charge in [0.15, 0.2) is 9.84 Å². The monoisotopic (exact) mass is 267 g/mol. The highest BCUT2D eigenvalue weighted by atomic mass is 32.2. The predicted molar refractivity (Wildman–Crippen MR) is 75.4 cm³/mol. The lowest BCUT2D eigenvalue weighted by Gasteiger charge is -2.25. The summed E-state index contributed by atoms with van der Waals surface area (Å²) in [5, 5.41) is 0. The molecule has 0 radical (unpaired) electrons. The normalized spacial score (nSPS) is 13.6. The Labute approximate surface area is 110 Å². The van der Waals surface area contributed by atoms with Crippen molar-refractivity contribution >= 4 is 9.84 Å². The first-order valence-corrected chi connectivity index (χ1v) is 7.75. The van der Waals surface area contributed by atoms with Crippen molar-refractivity contribution in [3.05, 3.63) is 42.0 Å². The third-order valence-corrected chi connectivity index (χ3v) is 4.10. The summed E-state index contributed by atoms with van der Waals surface area (Å²) < 4.78 is 22.7. The van der Waals surface area contributed by atoms with E-state index in [1.807, 2.05) is 26.1 Å². The lowest BCUT2D eigenvalue weighted by Crippen LogP contribution is -2.24. The van der Waals surface area contributed by atoms with Gasteiger partial charge in [0.2, 0.25) is 0 Å². The summed E-state index contributed by atoms with van der Waals surface area (Å²) in [7, 11) is -1.08. The fourth-order valence-electron chi connectivity index (χ4n) is 1.81. The van der Waals surface area contributed by atoms with Crippen LogP contribution < -0.4 is 0 Å². The maximum Gasteiger partial charge on any atom is 0.175 e. The van der Waals surface area contributed by atoms with E-state index in [0.29, 0.717) is 4.90 Å². The zero-order valence-corrected chi connectivity index (χ0v) is 12.3. The zero-order chi connectivity index (χ0) is 13.9.